The van der Waals surface area contributed by atoms with E-state index in [0.717, 1.165) is 56.3 Å². The average Bonchev–Trinajstić information content (AvgIpc) is 3.77. The topological polar surface area (TPSA) is 51.2 Å². The largest absolute Gasteiger partial charge is 0.497 e. The van der Waals surface area contributed by atoms with E-state index < -0.39 is 0 Å². The molecule has 3 heterocycles. The van der Waals surface area contributed by atoms with Gasteiger partial charge in [-0.1, -0.05) is 12.8 Å². The summed E-state index contributed by atoms with van der Waals surface area (Å²) in [7, 11) is 1.68. The molecule has 2 atom stereocenters. The van der Waals surface area contributed by atoms with Crippen LogP contribution in [-0.2, 0) is 0 Å². The minimum absolute atomic E-state index is 0.0211. The predicted molar refractivity (Wildman–Crippen MR) is 187 cm³/mol. The molecular weight excluding hydrogens is 593 g/mol. The van der Waals surface area contributed by atoms with Crippen LogP contribution in [0.5, 0.6) is 17.2 Å². The fourth-order valence-corrected chi connectivity index (χ4v) is 8.75. The van der Waals surface area contributed by atoms with E-state index in [1.54, 1.807) is 18.4 Å². The Balaban J connectivity index is 1.10. The Morgan fingerprint density at radius 1 is 0.783 bits per heavy atom. The predicted octanol–water partition coefficient (Wildman–Crippen LogP) is 8.46. The molecule has 0 unspecified atom stereocenters. The average molecular weight is 639 g/mol. The number of benzene rings is 3. The Hall–Kier alpha value is -3.39. The molecule has 0 spiro atoms. The minimum atomic E-state index is 0.0211. The molecular formula is C39H46N2O4S. The number of nitrogens with zero attached hydrogens (tertiary/aromatic N) is 2. The van der Waals surface area contributed by atoms with Gasteiger partial charge in [-0.05, 0) is 143 Å². The quantitative estimate of drug-likeness (QED) is 0.154. The Labute approximate surface area is 277 Å². The van der Waals surface area contributed by atoms with E-state index in [1.165, 1.54) is 77.5 Å². The van der Waals surface area contributed by atoms with Crippen molar-refractivity contribution in [2.24, 2.45) is 0 Å². The molecule has 3 fully saturated rings. The molecule has 0 radical (unpaired) electrons. The third kappa shape index (κ3) is 6.97. The molecule has 1 aromatic heterocycles. The highest BCUT2D eigenvalue weighted by Gasteiger charge is 2.32. The van der Waals surface area contributed by atoms with Crippen LogP contribution in [0.15, 0.2) is 66.7 Å². The highest BCUT2D eigenvalue weighted by molar-refractivity contribution is 7.22. The second-order valence-electron chi connectivity index (χ2n) is 13.0. The lowest BCUT2D eigenvalue weighted by atomic mass is 9.90. The molecule has 242 valence electrons. The molecule has 6 nitrogen and oxygen atoms in total. The number of methoxy groups -OCH3 is 1. The summed E-state index contributed by atoms with van der Waals surface area (Å²) in [6.07, 6.45) is 11.5. The van der Waals surface area contributed by atoms with Crippen molar-refractivity contribution in [3.8, 4) is 27.7 Å². The molecule has 0 bridgehead atoms. The van der Waals surface area contributed by atoms with Crippen molar-refractivity contribution < 1.29 is 19.0 Å². The van der Waals surface area contributed by atoms with Crippen molar-refractivity contribution in [2.75, 3.05) is 46.4 Å². The van der Waals surface area contributed by atoms with Gasteiger partial charge in [0.25, 0.3) is 0 Å². The number of likely N-dealkylation sites (tertiary alicyclic amines) is 2. The second kappa shape index (κ2) is 14.6. The molecule has 1 saturated carbocycles. The maximum absolute atomic E-state index is 14.3. The van der Waals surface area contributed by atoms with Crippen LogP contribution in [0.2, 0.25) is 0 Å². The molecule has 2 saturated heterocycles. The standard InChI is InChI=1S/C39H46N2O4S/c1-43-32-19-20-33-36(27-32)46-39(29-13-15-30(16-14-29)44-26-25-40-21-7-8-22-40)37(33)38(42)28-11-17-31(18-12-28)45-35-10-4-3-9-34(35)41-23-5-2-6-24-41/h11-20,27,34-35H,2-10,21-26H2,1H3/t34-,35-/m0/s1. The van der Waals surface area contributed by atoms with E-state index in [-0.39, 0.29) is 11.9 Å². The summed E-state index contributed by atoms with van der Waals surface area (Å²) in [5, 5.41) is 0.948. The third-order valence-electron chi connectivity index (χ3n) is 10.0. The summed E-state index contributed by atoms with van der Waals surface area (Å²) in [4.78, 5) is 20.3. The highest BCUT2D eigenvalue weighted by atomic mass is 32.1. The molecule has 0 amide bonds. The van der Waals surface area contributed by atoms with Gasteiger partial charge in [-0.25, -0.2) is 0 Å². The summed E-state index contributed by atoms with van der Waals surface area (Å²) in [6.45, 7) is 6.37. The summed E-state index contributed by atoms with van der Waals surface area (Å²) in [6, 6.07) is 22.5. The van der Waals surface area contributed by atoms with E-state index in [0.29, 0.717) is 18.2 Å². The first-order valence-electron chi connectivity index (χ1n) is 17.3. The van der Waals surface area contributed by atoms with Crippen molar-refractivity contribution in [1.82, 2.24) is 9.80 Å². The maximum atomic E-state index is 14.3. The van der Waals surface area contributed by atoms with Gasteiger partial charge in [0.15, 0.2) is 5.78 Å². The smallest absolute Gasteiger partial charge is 0.195 e. The zero-order chi connectivity index (χ0) is 31.3. The Morgan fingerprint density at radius 3 is 2.24 bits per heavy atom. The van der Waals surface area contributed by atoms with Crippen molar-refractivity contribution in [3.05, 3.63) is 77.9 Å². The Kier molecular flexibility index (Phi) is 9.89. The molecule has 3 aliphatic rings. The van der Waals surface area contributed by atoms with Crippen molar-refractivity contribution in [1.29, 1.82) is 0 Å². The molecule has 2 aliphatic heterocycles. The van der Waals surface area contributed by atoms with E-state index in [1.807, 2.05) is 54.6 Å². The molecule has 1 aliphatic carbocycles. The molecule has 4 aromatic rings. The van der Waals surface area contributed by atoms with E-state index in [4.69, 9.17) is 14.2 Å². The van der Waals surface area contributed by atoms with Crippen LogP contribution in [0.1, 0.15) is 73.7 Å². The molecule has 0 N–H and O–H groups in total. The number of thiophene rings is 1. The van der Waals surface area contributed by atoms with Gasteiger partial charge in [-0.15, -0.1) is 11.3 Å². The first kappa shape index (κ1) is 31.2. The number of hydrogen-bond donors (Lipinski definition) is 0. The SMILES string of the molecule is COc1ccc2c(C(=O)c3ccc(O[C@H]4CCCC[C@@H]4N4CCCCC4)cc3)c(-c3ccc(OCCN4CCCC4)cc3)sc2c1. The van der Waals surface area contributed by atoms with Crippen molar-refractivity contribution in [3.63, 3.8) is 0 Å². The van der Waals surface area contributed by atoms with Crippen LogP contribution in [0.3, 0.4) is 0 Å². The number of fused-ring (bicyclic) bond motifs is 1. The lowest BCUT2D eigenvalue weighted by Crippen LogP contribution is -2.49. The highest BCUT2D eigenvalue weighted by Crippen LogP contribution is 2.42. The van der Waals surface area contributed by atoms with Crippen LogP contribution in [0.25, 0.3) is 20.5 Å². The lowest BCUT2D eigenvalue weighted by Gasteiger charge is -2.41. The van der Waals surface area contributed by atoms with Gasteiger partial charge in [-0.2, -0.15) is 0 Å². The third-order valence-corrected chi connectivity index (χ3v) is 11.2. The monoisotopic (exact) mass is 638 g/mol. The lowest BCUT2D eigenvalue weighted by molar-refractivity contribution is 0.0261. The van der Waals surface area contributed by atoms with Crippen LogP contribution in [0, 0.1) is 0 Å². The van der Waals surface area contributed by atoms with Gasteiger partial charge in [-0.3, -0.25) is 14.6 Å². The van der Waals surface area contributed by atoms with Crippen LogP contribution >= 0.6 is 11.3 Å². The zero-order valence-electron chi connectivity index (χ0n) is 27.0. The number of ether oxygens (including phenoxy) is 3. The Bertz CT molecular complexity index is 1600. The second-order valence-corrected chi connectivity index (χ2v) is 14.1. The normalized spacial score (nSPS) is 21.0. The Morgan fingerprint density at radius 2 is 1.48 bits per heavy atom. The summed E-state index contributed by atoms with van der Waals surface area (Å²) < 4.78 is 19.2. The number of carbonyl (C=O) groups is 1. The van der Waals surface area contributed by atoms with Gasteiger partial charge in [0.2, 0.25) is 0 Å². The maximum Gasteiger partial charge on any atom is 0.195 e. The first-order valence-corrected chi connectivity index (χ1v) is 18.1. The van der Waals surface area contributed by atoms with Gasteiger partial charge in [0.1, 0.15) is 30.0 Å². The molecule has 3 aromatic carbocycles. The number of piperidine rings is 1. The van der Waals surface area contributed by atoms with E-state index in [9.17, 15) is 4.79 Å². The summed E-state index contributed by atoms with van der Waals surface area (Å²) >= 11 is 1.63. The molecule has 7 heteroatoms. The number of rotatable bonds is 11. The van der Waals surface area contributed by atoms with Crippen molar-refractivity contribution >= 4 is 27.2 Å². The van der Waals surface area contributed by atoms with E-state index >= 15 is 0 Å². The summed E-state index contributed by atoms with van der Waals surface area (Å²) in [5.74, 6) is 2.52. The van der Waals surface area contributed by atoms with Gasteiger partial charge >= 0.3 is 0 Å². The zero-order valence-corrected chi connectivity index (χ0v) is 27.9. The van der Waals surface area contributed by atoms with E-state index in [2.05, 4.69) is 21.9 Å². The van der Waals surface area contributed by atoms with Gasteiger partial charge in [0, 0.05) is 38.7 Å². The number of ketones is 1. The number of hydrogen-bond acceptors (Lipinski definition) is 7. The van der Waals surface area contributed by atoms with Crippen LogP contribution in [-0.4, -0.2) is 74.2 Å². The minimum Gasteiger partial charge on any atom is -0.497 e. The first-order chi connectivity index (χ1) is 22.7. The number of carbonyl (C=O) groups excluding carboxylic acids is 1. The molecule has 46 heavy (non-hydrogen) atoms. The van der Waals surface area contributed by atoms with Gasteiger partial charge < -0.3 is 14.2 Å². The fraction of sp³-hybridized carbons (Fsp3) is 0.462. The molecule has 7 rings (SSSR count). The van der Waals surface area contributed by atoms with Crippen molar-refractivity contribution in [2.45, 2.75) is 69.9 Å². The summed E-state index contributed by atoms with van der Waals surface area (Å²) in [5.41, 5.74) is 2.41. The van der Waals surface area contributed by atoms with Crippen LogP contribution in [0.4, 0.5) is 0 Å². The fourth-order valence-electron chi connectivity index (χ4n) is 7.52. The van der Waals surface area contributed by atoms with Gasteiger partial charge in [0.05, 0.1) is 7.11 Å². The van der Waals surface area contributed by atoms with Crippen LogP contribution < -0.4 is 14.2 Å².